The average Bonchev–Trinajstić information content (AvgIpc) is 3.19. The van der Waals surface area contributed by atoms with Gasteiger partial charge in [-0.2, -0.15) is 0 Å². The number of hydrazine groups is 1. The molecule has 0 aliphatic carbocycles. The van der Waals surface area contributed by atoms with Gasteiger partial charge in [0, 0.05) is 37.7 Å². The van der Waals surface area contributed by atoms with Crippen LogP contribution in [-0.2, 0) is 4.74 Å². The van der Waals surface area contributed by atoms with Gasteiger partial charge in [0.2, 0.25) is 0 Å². The van der Waals surface area contributed by atoms with Crippen molar-refractivity contribution in [1.29, 1.82) is 0 Å². The highest BCUT2D eigenvalue weighted by Crippen LogP contribution is 2.24. The molecule has 8 nitrogen and oxygen atoms in total. The second-order valence-electron chi connectivity index (χ2n) is 6.41. The van der Waals surface area contributed by atoms with Crippen LogP contribution in [0.25, 0.3) is 0 Å². The number of anilines is 1. The van der Waals surface area contributed by atoms with Crippen LogP contribution in [0, 0.1) is 13.8 Å². The number of halogens is 1. The maximum atomic E-state index is 12.2. The normalized spacial score (nSPS) is 14.2. The Labute approximate surface area is 182 Å². The molecule has 162 valence electrons. The van der Waals surface area contributed by atoms with Gasteiger partial charge in [-0.1, -0.05) is 31.5 Å². The monoisotopic (exact) mass is 432 g/mol. The summed E-state index contributed by atoms with van der Waals surface area (Å²) in [6.45, 7) is 9.31. The van der Waals surface area contributed by atoms with Crippen LogP contribution in [0.3, 0.4) is 0 Å². The molecule has 2 N–H and O–H groups in total. The number of carbonyl (C=O) groups excluding carboxylic acids is 1. The lowest BCUT2D eigenvalue weighted by atomic mass is 10.2. The van der Waals surface area contributed by atoms with E-state index in [0.717, 1.165) is 35.1 Å². The Morgan fingerprint density at radius 2 is 2.07 bits per heavy atom. The van der Waals surface area contributed by atoms with Crippen LogP contribution in [0.5, 0.6) is 0 Å². The Bertz CT molecular complexity index is 903. The number of hydrogen-bond donors (Lipinski definition) is 2. The highest BCUT2D eigenvalue weighted by molar-refractivity contribution is 6.31. The maximum absolute atomic E-state index is 12.2. The van der Waals surface area contributed by atoms with Gasteiger partial charge < -0.3 is 10.1 Å². The third-order valence-electron chi connectivity index (χ3n) is 4.20. The summed E-state index contributed by atoms with van der Waals surface area (Å²) in [4.78, 5) is 25.3. The van der Waals surface area contributed by atoms with E-state index in [1.54, 1.807) is 20.1 Å². The van der Waals surface area contributed by atoms with E-state index in [0.29, 0.717) is 24.8 Å². The van der Waals surface area contributed by atoms with Crippen molar-refractivity contribution in [2.75, 3.05) is 31.8 Å². The minimum atomic E-state index is -0.278. The van der Waals surface area contributed by atoms with Crippen molar-refractivity contribution in [2.24, 2.45) is 4.99 Å². The summed E-state index contributed by atoms with van der Waals surface area (Å²) in [6, 6.07) is 7.49. The molecular weight excluding hydrogens is 404 g/mol. The second-order valence-corrected chi connectivity index (χ2v) is 6.82. The zero-order valence-electron chi connectivity index (χ0n) is 18.1. The third-order valence-corrected chi connectivity index (χ3v) is 4.61. The lowest BCUT2D eigenvalue weighted by Gasteiger charge is -2.18. The smallest absolute Gasteiger partial charge is 0.270 e. The summed E-state index contributed by atoms with van der Waals surface area (Å²) in [6.07, 6.45) is 0.726. The first-order valence-corrected chi connectivity index (χ1v) is 10.3. The number of aromatic nitrogens is 2. The lowest BCUT2D eigenvalue weighted by Crippen LogP contribution is -2.33. The van der Waals surface area contributed by atoms with E-state index in [9.17, 15) is 4.79 Å². The van der Waals surface area contributed by atoms with Gasteiger partial charge in [0.1, 0.15) is 17.4 Å². The maximum Gasteiger partial charge on any atom is 0.270 e. The van der Waals surface area contributed by atoms with Crippen LogP contribution in [0.1, 0.15) is 42.1 Å². The Morgan fingerprint density at radius 1 is 1.30 bits per heavy atom. The van der Waals surface area contributed by atoms with E-state index in [1.807, 2.05) is 44.0 Å². The first kappa shape index (κ1) is 23.6. The zero-order valence-corrected chi connectivity index (χ0v) is 18.9. The number of aryl methyl sites for hydroxylation is 2. The fourth-order valence-electron chi connectivity index (χ4n) is 2.73. The molecule has 1 aromatic carbocycles. The van der Waals surface area contributed by atoms with Gasteiger partial charge >= 0.3 is 0 Å². The van der Waals surface area contributed by atoms with Gasteiger partial charge in [0.15, 0.2) is 5.82 Å². The van der Waals surface area contributed by atoms with Crippen LogP contribution in [0.15, 0.2) is 29.3 Å². The number of amidine groups is 1. The molecule has 1 aliphatic rings. The van der Waals surface area contributed by atoms with Crippen molar-refractivity contribution in [3.63, 3.8) is 0 Å². The summed E-state index contributed by atoms with van der Waals surface area (Å²) in [5.74, 6) is 1.41. The van der Waals surface area contributed by atoms with E-state index in [1.165, 1.54) is 0 Å². The summed E-state index contributed by atoms with van der Waals surface area (Å²) >= 11 is 6.22. The Hall–Kier alpha value is -2.71. The van der Waals surface area contributed by atoms with Crippen LogP contribution in [0.2, 0.25) is 5.02 Å². The topological polar surface area (TPSA) is 91.7 Å². The molecule has 9 heteroatoms. The number of hydrogen-bond acceptors (Lipinski definition) is 6. The number of nitrogens with zero attached hydrogens (tertiary/aromatic N) is 4. The first-order valence-electron chi connectivity index (χ1n) is 9.97. The average molecular weight is 433 g/mol. The van der Waals surface area contributed by atoms with E-state index >= 15 is 0 Å². The largest absolute Gasteiger partial charge is 0.383 e. The molecule has 2 aromatic rings. The molecule has 1 fully saturated rings. The number of ether oxygens (including phenoxy) is 1. The Balaban J connectivity index is 0.00000155. The van der Waals surface area contributed by atoms with Crippen molar-refractivity contribution < 1.29 is 9.53 Å². The number of methoxy groups -OCH3 is 1. The predicted octanol–water partition coefficient (Wildman–Crippen LogP) is 3.59. The number of rotatable bonds is 6. The zero-order chi connectivity index (χ0) is 22.1. The van der Waals surface area contributed by atoms with Crippen molar-refractivity contribution in [3.8, 4) is 0 Å². The van der Waals surface area contributed by atoms with Gasteiger partial charge in [-0.3, -0.25) is 15.2 Å². The van der Waals surface area contributed by atoms with Gasteiger partial charge in [0.05, 0.1) is 12.3 Å². The molecule has 3 rings (SSSR count). The predicted molar refractivity (Wildman–Crippen MR) is 121 cm³/mol. The number of nitrogens with one attached hydrogen (secondary N) is 2. The minimum absolute atomic E-state index is 0.278. The lowest BCUT2D eigenvalue weighted by molar-refractivity contribution is 0.0931. The molecule has 1 aliphatic heterocycles. The Kier molecular flexibility index (Phi) is 9.01. The van der Waals surface area contributed by atoms with E-state index in [-0.39, 0.29) is 11.6 Å². The highest BCUT2D eigenvalue weighted by Gasteiger charge is 2.19. The SMILES string of the molecule is CC.COCCNC(=O)c1cc(N=C2CCN(c3ccc(C)c(Cl)c3)N2)nc(C)n1. The van der Waals surface area contributed by atoms with Crippen LogP contribution < -0.4 is 15.8 Å². The third kappa shape index (κ3) is 6.40. The number of benzene rings is 1. The van der Waals surface area contributed by atoms with Crippen molar-refractivity contribution in [2.45, 2.75) is 34.1 Å². The van der Waals surface area contributed by atoms with E-state index in [4.69, 9.17) is 16.3 Å². The Morgan fingerprint density at radius 3 is 2.77 bits per heavy atom. The van der Waals surface area contributed by atoms with Gasteiger partial charge in [0.25, 0.3) is 5.91 Å². The number of carbonyl (C=O) groups is 1. The molecule has 2 heterocycles. The summed E-state index contributed by atoms with van der Waals surface area (Å²) in [5.41, 5.74) is 5.54. The first-order chi connectivity index (χ1) is 14.5. The van der Waals surface area contributed by atoms with Gasteiger partial charge in [-0.25, -0.2) is 15.0 Å². The molecule has 0 spiro atoms. The molecule has 0 unspecified atom stereocenters. The quantitative estimate of drug-likeness (QED) is 0.677. The molecule has 0 radical (unpaired) electrons. The molecule has 1 aromatic heterocycles. The van der Waals surface area contributed by atoms with Crippen molar-refractivity contribution in [3.05, 3.63) is 46.4 Å². The fourth-order valence-corrected chi connectivity index (χ4v) is 2.91. The summed E-state index contributed by atoms with van der Waals surface area (Å²) in [7, 11) is 1.58. The molecule has 0 bridgehead atoms. The van der Waals surface area contributed by atoms with E-state index < -0.39 is 0 Å². The highest BCUT2D eigenvalue weighted by atomic mass is 35.5. The second kappa shape index (κ2) is 11.5. The van der Waals surface area contributed by atoms with Crippen molar-refractivity contribution in [1.82, 2.24) is 20.7 Å². The van der Waals surface area contributed by atoms with Crippen molar-refractivity contribution >= 4 is 34.8 Å². The fraction of sp³-hybridized carbons (Fsp3) is 0.429. The van der Waals surface area contributed by atoms with Crippen LogP contribution >= 0.6 is 11.6 Å². The molecule has 30 heavy (non-hydrogen) atoms. The standard InChI is InChI=1S/C19H23ClN6O2.C2H6/c1-12-4-5-14(10-15(12)20)26-8-6-17(25-26)24-18-11-16(22-13(2)23-18)19(27)21-7-9-28-3;1-2/h4-5,10-11H,6-9H2,1-3H3,(H,21,27)(H,22,23,24,25);1-2H3. The van der Waals surface area contributed by atoms with Gasteiger partial charge in [-0.15, -0.1) is 0 Å². The number of aliphatic imine (C=N–C) groups is 1. The van der Waals surface area contributed by atoms with Gasteiger partial charge in [-0.05, 0) is 31.5 Å². The molecule has 1 amide bonds. The minimum Gasteiger partial charge on any atom is -0.383 e. The molecular formula is C21H29ClN6O2. The molecule has 1 saturated heterocycles. The summed E-state index contributed by atoms with van der Waals surface area (Å²) in [5, 5.41) is 5.45. The number of amides is 1. The molecule has 0 atom stereocenters. The van der Waals surface area contributed by atoms with Crippen LogP contribution in [-0.4, -0.2) is 48.5 Å². The van der Waals surface area contributed by atoms with Crippen LogP contribution in [0.4, 0.5) is 11.5 Å². The van der Waals surface area contributed by atoms with E-state index in [2.05, 4.69) is 25.7 Å². The molecule has 0 saturated carbocycles. The summed E-state index contributed by atoms with van der Waals surface area (Å²) < 4.78 is 4.93.